The predicted molar refractivity (Wildman–Crippen MR) is 48.8 cm³/mol. The highest BCUT2D eigenvalue weighted by atomic mass is 16.4. The first-order valence-electron chi connectivity index (χ1n) is 4.73. The summed E-state index contributed by atoms with van der Waals surface area (Å²) in [5.74, 6) is -2.09. The van der Waals surface area contributed by atoms with Crippen LogP contribution in [0.1, 0.15) is 6.42 Å². The molecule has 0 aromatic heterocycles. The normalized spacial score (nSPS) is 25.1. The molecule has 2 rings (SSSR count). The number of carboxylic acid groups (broad SMARTS) is 1. The SMILES string of the molecule is CN1CC2(CCN(C(=O)C(=O)O)C2)C1. The smallest absolute Gasteiger partial charge is 0.394 e. The van der Waals surface area contributed by atoms with Gasteiger partial charge in [-0.05, 0) is 13.5 Å². The predicted octanol–water partition coefficient (Wildman–Crippen LogP) is -0.765. The van der Waals surface area contributed by atoms with Crippen molar-refractivity contribution in [1.82, 2.24) is 9.80 Å². The fourth-order valence-corrected chi connectivity index (χ4v) is 2.60. The number of amides is 1. The van der Waals surface area contributed by atoms with Gasteiger partial charge < -0.3 is 14.9 Å². The first-order valence-corrected chi connectivity index (χ1v) is 4.73. The van der Waals surface area contributed by atoms with Crippen molar-refractivity contribution in [2.24, 2.45) is 5.41 Å². The van der Waals surface area contributed by atoms with Gasteiger partial charge in [0.05, 0.1) is 0 Å². The lowest BCUT2D eigenvalue weighted by molar-refractivity contribution is -0.155. The topological polar surface area (TPSA) is 60.9 Å². The summed E-state index contributed by atoms with van der Waals surface area (Å²) in [4.78, 5) is 25.3. The number of hydrogen-bond donors (Lipinski definition) is 1. The molecule has 2 saturated heterocycles. The van der Waals surface area contributed by atoms with Crippen LogP contribution in [0.4, 0.5) is 0 Å². The Kier molecular flexibility index (Phi) is 1.99. The third kappa shape index (κ3) is 1.37. The van der Waals surface area contributed by atoms with E-state index in [-0.39, 0.29) is 5.41 Å². The van der Waals surface area contributed by atoms with Gasteiger partial charge in [0.15, 0.2) is 0 Å². The molecule has 0 saturated carbocycles. The summed E-state index contributed by atoms with van der Waals surface area (Å²) in [5, 5.41) is 8.55. The van der Waals surface area contributed by atoms with Gasteiger partial charge >= 0.3 is 11.9 Å². The molecule has 0 bridgehead atoms. The Labute approximate surface area is 82.3 Å². The Hall–Kier alpha value is -1.10. The molecule has 2 fully saturated rings. The van der Waals surface area contributed by atoms with E-state index in [2.05, 4.69) is 4.90 Å². The largest absolute Gasteiger partial charge is 0.474 e. The van der Waals surface area contributed by atoms with Crippen LogP contribution in [-0.2, 0) is 9.59 Å². The third-order valence-electron chi connectivity index (χ3n) is 3.12. The van der Waals surface area contributed by atoms with Crippen LogP contribution in [0.2, 0.25) is 0 Å². The number of hydrogen-bond acceptors (Lipinski definition) is 3. The maximum absolute atomic E-state index is 11.2. The van der Waals surface area contributed by atoms with Crippen molar-refractivity contribution in [3.63, 3.8) is 0 Å². The summed E-state index contributed by atoms with van der Waals surface area (Å²) < 4.78 is 0. The number of likely N-dealkylation sites (tertiary alicyclic amines) is 2. The van der Waals surface area contributed by atoms with Gasteiger partial charge in [-0.15, -0.1) is 0 Å². The molecule has 2 aliphatic heterocycles. The minimum atomic E-state index is -1.34. The Balaban J connectivity index is 1.95. The highest BCUT2D eigenvalue weighted by Crippen LogP contribution is 2.38. The van der Waals surface area contributed by atoms with Crippen molar-refractivity contribution in [3.8, 4) is 0 Å². The lowest BCUT2D eigenvalue weighted by Crippen LogP contribution is -2.55. The van der Waals surface area contributed by atoms with Crippen LogP contribution in [0.15, 0.2) is 0 Å². The summed E-state index contributed by atoms with van der Waals surface area (Å²) >= 11 is 0. The van der Waals surface area contributed by atoms with Gasteiger partial charge in [0.2, 0.25) is 0 Å². The zero-order valence-corrected chi connectivity index (χ0v) is 8.19. The molecule has 2 aliphatic rings. The van der Waals surface area contributed by atoms with Crippen molar-refractivity contribution in [3.05, 3.63) is 0 Å². The molecule has 0 aromatic rings. The Morgan fingerprint density at radius 3 is 2.43 bits per heavy atom. The van der Waals surface area contributed by atoms with Gasteiger partial charge in [-0.1, -0.05) is 0 Å². The van der Waals surface area contributed by atoms with E-state index in [1.807, 2.05) is 7.05 Å². The Bertz CT molecular complexity index is 284. The standard InChI is InChI=1S/C9H14N2O3/c1-10-4-9(5-10)2-3-11(6-9)7(12)8(13)14/h2-6H2,1H3,(H,13,14). The van der Waals surface area contributed by atoms with E-state index in [9.17, 15) is 9.59 Å². The number of carbonyl (C=O) groups excluding carboxylic acids is 1. The number of carbonyl (C=O) groups is 2. The fraction of sp³-hybridized carbons (Fsp3) is 0.778. The monoisotopic (exact) mass is 198 g/mol. The van der Waals surface area contributed by atoms with E-state index in [0.717, 1.165) is 19.5 Å². The van der Waals surface area contributed by atoms with Gasteiger partial charge in [-0.2, -0.15) is 0 Å². The molecule has 0 atom stereocenters. The van der Waals surface area contributed by atoms with Gasteiger partial charge in [0, 0.05) is 31.6 Å². The average Bonchev–Trinajstić information content (AvgIpc) is 2.47. The van der Waals surface area contributed by atoms with Crippen LogP contribution >= 0.6 is 0 Å². The molecule has 0 unspecified atom stereocenters. The number of aliphatic carboxylic acids is 1. The van der Waals surface area contributed by atoms with Gasteiger partial charge in [-0.3, -0.25) is 4.79 Å². The van der Waals surface area contributed by atoms with Crippen LogP contribution in [-0.4, -0.2) is 60.0 Å². The van der Waals surface area contributed by atoms with Crippen molar-refractivity contribution < 1.29 is 14.7 Å². The second kappa shape index (κ2) is 2.95. The zero-order valence-electron chi connectivity index (χ0n) is 8.19. The van der Waals surface area contributed by atoms with Crippen LogP contribution in [0.3, 0.4) is 0 Å². The van der Waals surface area contributed by atoms with E-state index in [1.54, 1.807) is 0 Å². The molecule has 0 radical (unpaired) electrons. The number of carboxylic acids is 1. The van der Waals surface area contributed by atoms with Gasteiger partial charge in [-0.25, -0.2) is 4.79 Å². The molecule has 2 heterocycles. The Morgan fingerprint density at radius 2 is 1.93 bits per heavy atom. The molecule has 78 valence electrons. The van der Waals surface area contributed by atoms with E-state index in [4.69, 9.17) is 5.11 Å². The maximum atomic E-state index is 11.2. The highest BCUT2D eigenvalue weighted by molar-refractivity contribution is 6.31. The molecule has 1 amide bonds. The molecular weight excluding hydrogens is 184 g/mol. The molecule has 1 spiro atoms. The summed E-state index contributed by atoms with van der Waals surface area (Å²) in [6.07, 6.45) is 0.941. The van der Waals surface area contributed by atoms with E-state index in [1.165, 1.54) is 4.90 Å². The van der Waals surface area contributed by atoms with Crippen LogP contribution in [0.25, 0.3) is 0 Å². The van der Waals surface area contributed by atoms with Crippen molar-refractivity contribution in [2.45, 2.75) is 6.42 Å². The van der Waals surface area contributed by atoms with E-state index < -0.39 is 11.9 Å². The van der Waals surface area contributed by atoms with Crippen molar-refractivity contribution >= 4 is 11.9 Å². The average molecular weight is 198 g/mol. The summed E-state index contributed by atoms with van der Waals surface area (Å²) in [6, 6.07) is 0. The molecule has 5 nitrogen and oxygen atoms in total. The Morgan fingerprint density at radius 1 is 1.29 bits per heavy atom. The van der Waals surface area contributed by atoms with E-state index in [0.29, 0.717) is 13.1 Å². The molecule has 1 N–H and O–H groups in total. The van der Waals surface area contributed by atoms with E-state index >= 15 is 0 Å². The zero-order chi connectivity index (χ0) is 10.3. The van der Waals surface area contributed by atoms with Gasteiger partial charge in [0.1, 0.15) is 0 Å². The first-order chi connectivity index (χ1) is 6.52. The highest BCUT2D eigenvalue weighted by Gasteiger charge is 2.47. The summed E-state index contributed by atoms with van der Waals surface area (Å²) in [7, 11) is 2.03. The molecular formula is C9H14N2O3. The molecule has 0 aliphatic carbocycles. The van der Waals surface area contributed by atoms with Crippen LogP contribution < -0.4 is 0 Å². The van der Waals surface area contributed by atoms with Crippen LogP contribution in [0, 0.1) is 5.41 Å². The second-order valence-electron chi connectivity index (χ2n) is 4.45. The number of nitrogens with zero attached hydrogens (tertiary/aromatic N) is 2. The van der Waals surface area contributed by atoms with Crippen molar-refractivity contribution in [1.29, 1.82) is 0 Å². The maximum Gasteiger partial charge on any atom is 0.394 e. The first kappa shape index (κ1) is 9.45. The quantitative estimate of drug-likeness (QED) is 0.519. The summed E-state index contributed by atoms with van der Waals surface area (Å²) in [6.45, 7) is 3.17. The van der Waals surface area contributed by atoms with Crippen LogP contribution in [0.5, 0.6) is 0 Å². The lowest BCUT2D eigenvalue weighted by atomic mass is 9.79. The minimum Gasteiger partial charge on any atom is -0.474 e. The second-order valence-corrected chi connectivity index (χ2v) is 4.45. The van der Waals surface area contributed by atoms with Gasteiger partial charge in [0.25, 0.3) is 0 Å². The number of rotatable bonds is 0. The molecule has 5 heteroatoms. The minimum absolute atomic E-state index is 0.194. The van der Waals surface area contributed by atoms with Crippen molar-refractivity contribution in [2.75, 3.05) is 33.2 Å². The lowest BCUT2D eigenvalue weighted by Gasteiger charge is -2.45. The molecule has 0 aromatic carbocycles. The third-order valence-corrected chi connectivity index (χ3v) is 3.12. The fourth-order valence-electron chi connectivity index (χ4n) is 2.60. The molecule has 14 heavy (non-hydrogen) atoms. The summed E-state index contributed by atoms with van der Waals surface area (Å²) in [5.41, 5.74) is 0.194.